The predicted octanol–water partition coefficient (Wildman–Crippen LogP) is 4.17. The molecule has 0 radical (unpaired) electrons. The molecule has 1 aromatic carbocycles. The van der Waals surface area contributed by atoms with Gasteiger partial charge >= 0.3 is 12.3 Å². The lowest BCUT2D eigenvalue weighted by Crippen LogP contribution is -2.28. The summed E-state index contributed by atoms with van der Waals surface area (Å²) >= 11 is 0. The third-order valence-corrected chi connectivity index (χ3v) is 3.14. The Hall–Kier alpha value is -1.32. The summed E-state index contributed by atoms with van der Waals surface area (Å²) in [5.74, 6) is -4.61. The molecule has 17 heavy (non-hydrogen) atoms. The van der Waals surface area contributed by atoms with Crippen LogP contribution < -0.4 is 0 Å². The highest BCUT2D eigenvalue weighted by Gasteiger charge is 2.44. The number of fused-ring (bicyclic) bond motifs is 1. The Balaban J connectivity index is 2.26. The summed E-state index contributed by atoms with van der Waals surface area (Å²) < 4.78 is 50.5. The van der Waals surface area contributed by atoms with Crippen LogP contribution in [0.1, 0.15) is 23.5 Å². The van der Waals surface area contributed by atoms with Crippen LogP contribution >= 0.6 is 0 Å². The molecular weight excluding hydrogens is 232 g/mol. The summed E-state index contributed by atoms with van der Waals surface area (Å²) in [6, 6.07) is 7.06. The SMILES string of the molecule is C=C1Cc2ccccc2C1CC(F)(F)C(F)F. The molecule has 0 heterocycles. The molecule has 1 atom stereocenters. The lowest BCUT2D eigenvalue weighted by molar-refractivity contribution is -0.134. The Morgan fingerprint density at radius 3 is 2.59 bits per heavy atom. The van der Waals surface area contributed by atoms with Crippen LogP contribution in [-0.2, 0) is 6.42 Å². The standard InChI is InChI=1S/C13H12F4/c1-8-6-9-4-2-3-5-10(9)11(8)7-13(16,17)12(14)15/h2-5,11-12H,1,6-7H2. The van der Waals surface area contributed by atoms with Crippen molar-refractivity contribution in [3.63, 3.8) is 0 Å². The highest BCUT2D eigenvalue weighted by Crippen LogP contribution is 2.44. The van der Waals surface area contributed by atoms with E-state index in [1.54, 1.807) is 18.2 Å². The van der Waals surface area contributed by atoms with Crippen molar-refractivity contribution in [2.45, 2.75) is 31.1 Å². The van der Waals surface area contributed by atoms with Crippen molar-refractivity contribution in [1.29, 1.82) is 0 Å². The Labute approximate surface area is 97.0 Å². The zero-order valence-electron chi connectivity index (χ0n) is 9.10. The summed E-state index contributed by atoms with van der Waals surface area (Å²) in [5.41, 5.74) is 2.21. The second kappa shape index (κ2) is 4.17. The number of halogens is 4. The van der Waals surface area contributed by atoms with E-state index in [0.29, 0.717) is 17.6 Å². The van der Waals surface area contributed by atoms with E-state index in [1.165, 1.54) is 0 Å². The smallest absolute Gasteiger partial charge is 0.204 e. The molecule has 0 aromatic heterocycles. The van der Waals surface area contributed by atoms with Gasteiger partial charge < -0.3 is 0 Å². The molecule has 1 aliphatic carbocycles. The van der Waals surface area contributed by atoms with E-state index in [0.717, 1.165) is 5.56 Å². The van der Waals surface area contributed by atoms with E-state index in [9.17, 15) is 17.6 Å². The minimum atomic E-state index is -3.95. The Bertz CT molecular complexity index is 437. The van der Waals surface area contributed by atoms with Gasteiger partial charge in [-0.15, -0.1) is 0 Å². The van der Waals surface area contributed by atoms with Crippen molar-refractivity contribution in [2.24, 2.45) is 0 Å². The second-order valence-corrected chi connectivity index (χ2v) is 4.35. The molecule has 92 valence electrons. The fourth-order valence-electron chi connectivity index (χ4n) is 2.24. The first-order chi connectivity index (χ1) is 7.92. The van der Waals surface area contributed by atoms with Crippen LogP contribution in [0.5, 0.6) is 0 Å². The van der Waals surface area contributed by atoms with Crippen LogP contribution in [0.25, 0.3) is 0 Å². The Morgan fingerprint density at radius 1 is 1.29 bits per heavy atom. The molecule has 2 rings (SSSR count). The van der Waals surface area contributed by atoms with E-state index >= 15 is 0 Å². The molecular formula is C13H12F4. The zero-order chi connectivity index (χ0) is 12.6. The molecule has 1 aliphatic rings. The fourth-order valence-corrected chi connectivity index (χ4v) is 2.24. The molecule has 0 saturated heterocycles. The summed E-state index contributed by atoms with van der Waals surface area (Å²) in [6.07, 6.45) is -3.98. The lowest BCUT2D eigenvalue weighted by atomic mass is 9.92. The van der Waals surface area contributed by atoms with E-state index in [-0.39, 0.29) is 0 Å². The molecule has 0 N–H and O–H groups in total. The maximum atomic E-state index is 13.1. The summed E-state index contributed by atoms with van der Waals surface area (Å²) in [7, 11) is 0. The van der Waals surface area contributed by atoms with Gasteiger partial charge in [0.25, 0.3) is 0 Å². The van der Waals surface area contributed by atoms with E-state index in [2.05, 4.69) is 6.58 Å². The third-order valence-electron chi connectivity index (χ3n) is 3.14. The molecule has 4 heteroatoms. The fraction of sp³-hybridized carbons (Fsp3) is 0.385. The number of benzene rings is 1. The highest BCUT2D eigenvalue weighted by atomic mass is 19.3. The van der Waals surface area contributed by atoms with Crippen LogP contribution in [0.15, 0.2) is 36.4 Å². The van der Waals surface area contributed by atoms with Crippen molar-refractivity contribution in [1.82, 2.24) is 0 Å². The van der Waals surface area contributed by atoms with Gasteiger partial charge in [0.2, 0.25) is 0 Å². The summed E-state index contributed by atoms with van der Waals surface area (Å²) in [6.45, 7) is 3.72. The minimum absolute atomic E-state index is 0.500. The minimum Gasteiger partial charge on any atom is -0.204 e. The van der Waals surface area contributed by atoms with Crippen LogP contribution in [-0.4, -0.2) is 12.3 Å². The van der Waals surface area contributed by atoms with Gasteiger partial charge in [-0.2, -0.15) is 0 Å². The maximum absolute atomic E-state index is 13.1. The zero-order valence-corrected chi connectivity index (χ0v) is 9.10. The summed E-state index contributed by atoms with van der Waals surface area (Å²) in [5, 5.41) is 0. The van der Waals surface area contributed by atoms with Crippen LogP contribution in [0.3, 0.4) is 0 Å². The Morgan fingerprint density at radius 2 is 1.94 bits per heavy atom. The van der Waals surface area contributed by atoms with Crippen molar-refractivity contribution < 1.29 is 17.6 Å². The van der Waals surface area contributed by atoms with E-state index in [1.807, 2.05) is 6.07 Å². The monoisotopic (exact) mass is 244 g/mol. The summed E-state index contributed by atoms with van der Waals surface area (Å²) in [4.78, 5) is 0. The second-order valence-electron chi connectivity index (χ2n) is 4.35. The number of alkyl halides is 4. The predicted molar refractivity (Wildman–Crippen MR) is 57.6 cm³/mol. The van der Waals surface area contributed by atoms with Crippen molar-refractivity contribution in [3.05, 3.63) is 47.5 Å². The molecule has 0 aliphatic heterocycles. The van der Waals surface area contributed by atoms with Crippen molar-refractivity contribution in [2.75, 3.05) is 0 Å². The largest absolute Gasteiger partial charge is 0.308 e. The van der Waals surface area contributed by atoms with Gasteiger partial charge in [0.05, 0.1) is 0 Å². The molecule has 0 nitrogen and oxygen atoms in total. The average Bonchev–Trinajstić information content (AvgIpc) is 2.55. The first kappa shape index (κ1) is 12.1. The Kier molecular flexibility index (Phi) is 2.98. The first-order valence-corrected chi connectivity index (χ1v) is 5.33. The molecule has 0 amide bonds. The number of allylic oxidation sites excluding steroid dienone is 1. The van der Waals surface area contributed by atoms with Crippen LogP contribution in [0.2, 0.25) is 0 Å². The average molecular weight is 244 g/mol. The number of rotatable bonds is 3. The van der Waals surface area contributed by atoms with Crippen LogP contribution in [0, 0.1) is 0 Å². The maximum Gasteiger partial charge on any atom is 0.308 e. The van der Waals surface area contributed by atoms with Crippen molar-refractivity contribution >= 4 is 0 Å². The van der Waals surface area contributed by atoms with Gasteiger partial charge in [-0.05, 0) is 17.5 Å². The normalized spacial score (nSPS) is 19.8. The lowest BCUT2D eigenvalue weighted by Gasteiger charge is -2.21. The third kappa shape index (κ3) is 2.21. The van der Waals surface area contributed by atoms with Gasteiger partial charge in [0.1, 0.15) is 0 Å². The highest BCUT2D eigenvalue weighted by molar-refractivity contribution is 5.44. The van der Waals surface area contributed by atoms with Crippen molar-refractivity contribution in [3.8, 4) is 0 Å². The number of hydrogen-bond acceptors (Lipinski definition) is 0. The van der Waals surface area contributed by atoms with Gasteiger partial charge in [0, 0.05) is 12.3 Å². The van der Waals surface area contributed by atoms with Gasteiger partial charge in [-0.1, -0.05) is 36.4 Å². The molecule has 0 saturated carbocycles. The van der Waals surface area contributed by atoms with E-state index < -0.39 is 24.7 Å². The molecule has 0 bridgehead atoms. The van der Waals surface area contributed by atoms with Gasteiger partial charge in [-0.3, -0.25) is 0 Å². The molecule has 0 fully saturated rings. The first-order valence-electron chi connectivity index (χ1n) is 5.33. The molecule has 1 unspecified atom stereocenters. The topological polar surface area (TPSA) is 0 Å². The van der Waals surface area contributed by atoms with Gasteiger partial charge in [-0.25, -0.2) is 17.6 Å². The molecule has 0 spiro atoms. The number of hydrogen-bond donors (Lipinski definition) is 0. The van der Waals surface area contributed by atoms with E-state index in [4.69, 9.17) is 0 Å². The quantitative estimate of drug-likeness (QED) is 0.553. The van der Waals surface area contributed by atoms with Gasteiger partial charge in [0.15, 0.2) is 0 Å². The molecule has 1 aromatic rings. The van der Waals surface area contributed by atoms with Crippen LogP contribution in [0.4, 0.5) is 17.6 Å².